The number of hydrogen-bond acceptors (Lipinski definition) is 3. The van der Waals surface area contributed by atoms with E-state index in [1.807, 2.05) is 17.2 Å². The first kappa shape index (κ1) is 13.0. The molecule has 4 nitrogen and oxygen atoms in total. The molecule has 1 aliphatic carbocycles. The minimum absolute atomic E-state index is 0.106. The van der Waals surface area contributed by atoms with Gasteiger partial charge in [-0.25, -0.2) is 0 Å². The highest BCUT2D eigenvalue weighted by Crippen LogP contribution is 2.32. The number of aryl methyl sites for hydroxylation is 1. The summed E-state index contributed by atoms with van der Waals surface area (Å²) in [7, 11) is 0. The number of fused-ring (bicyclic) bond motifs is 1. The van der Waals surface area contributed by atoms with Gasteiger partial charge in [-0.05, 0) is 43.9 Å². The van der Waals surface area contributed by atoms with Gasteiger partial charge >= 0.3 is 5.97 Å². The molecule has 1 aromatic heterocycles. The van der Waals surface area contributed by atoms with Gasteiger partial charge in [0.05, 0.1) is 18.3 Å². The van der Waals surface area contributed by atoms with Gasteiger partial charge < -0.3 is 5.11 Å². The summed E-state index contributed by atoms with van der Waals surface area (Å²) >= 11 is 0. The second-order valence-corrected chi connectivity index (χ2v) is 4.82. The number of rotatable bonds is 5. The van der Waals surface area contributed by atoms with Gasteiger partial charge in [-0.1, -0.05) is 13.0 Å². The zero-order chi connectivity index (χ0) is 13.0. The Labute approximate surface area is 108 Å². The van der Waals surface area contributed by atoms with Crippen LogP contribution in [-0.2, 0) is 11.2 Å². The van der Waals surface area contributed by atoms with E-state index in [9.17, 15) is 4.79 Å². The van der Waals surface area contributed by atoms with Crippen LogP contribution in [0.4, 0.5) is 0 Å². The van der Waals surface area contributed by atoms with Gasteiger partial charge in [0.2, 0.25) is 0 Å². The standard InChI is InChI=1S/C14H20N2O2/c1-2-9-16(10-13(17)18)12-7-3-5-11-6-4-8-15-14(11)12/h4,6,8,12H,2-3,5,7,9-10H2,1H3,(H,17,18)/t12-/m0/s1. The molecule has 0 spiro atoms. The fourth-order valence-electron chi connectivity index (χ4n) is 2.75. The Bertz CT molecular complexity index is 420. The number of carboxylic acid groups (broad SMARTS) is 1. The number of carbonyl (C=O) groups is 1. The maximum absolute atomic E-state index is 11.0. The molecule has 1 aliphatic rings. The highest BCUT2D eigenvalue weighted by atomic mass is 16.4. The lowest BCUT2D eigenvalue weighted by atomic mass is 9.90. The quantitative estimate of drug-likeness (QED) is 0.868. The average Bonchev–Trinajstić information content (AvgIpc) is 2.37. The predicted molar refractivity (Wildman–Crippen MR) is 69.4 cm³/mol. The second-order valence-electron chi connectivity index (χ2n) is 4.82. The molecular formula is C14H20N2O2. The lowest BCUT2D eigenvalue weighted by molar-refractivity contribution is -0.139. The summed E-state index contributed by atoms with van der Waals surface area (Å²) in [4.78, 5) is 17.5. The number of pyridine rings is 1. The molecule has 1 N–H and O–H groups in total. The minimum atomic E-state index is -0.758. The number of hydrogen-bond donors (Lipinski definition) is 1. The van der Waals surface area contributed by atoms with E-state index in [1.54, 1.807) is 0 Å². The van der Waals surface area contributed by atoms with Crippen molar-refractivity contribution in [3.05, 3.63) is 29.6 Å². The van der Waals surface area contributed by atoms with E-state index in [0.29, 0.717) is 0 Å². The molecule has 2 rings (SSSR count). The first-order chi connectivity index (χ1) is 8.72. The molecule has 0 amide bonds. The summed E-state index contributed by atoms with van der Waals surface area (Å²) in [5.41, 5.74) is 2.36. The first-order valence-corrected chi connectivity index (χ1v) is 6.62. The van der Waals surface area contributed by atoms with Gasteiger partial charge in [-0.3, -0.25) is 14.7 Å². The van der Waals surface area contributed by atoms with Crippen LogP contribution in [-0.4, -0.2) is 34.0 Å². The Morgan fingerprint density at radius 2 is 2.44 bits per heavy atom. The Morgan fingerprint density at radius 3 is 3.17 bits per heavy atom. The summed E-state index contributed by atoms with van der Waals surface area (Å²) < 4.78 is 0. The van der Waals surface area contributed by atoms with Crippen LogP contribution < -0.4 is 0 Å². The van der Waals surface area contributed by atoms with Crippen molar-refractivity contribution in [2.45, 2.75) is 38.6 Å². The number of aliphatic carboxylic acids is 1. The Balaban J connectivity index is 2.23. The van der Waals surface area contributed by atoms with Crippen molar-refractivity contribution in [1.29, 1.82) is 0 Å². The van der Waals surface area contributed by atoms with Crippen molar-refractivity contribution in [2.24, 2.45) is 0 Å². The van der Waals surface area contributed by atoms with Crippen LogP contribution >= 0.6 is 0 Å². The van der Waals surface area contributed by atoms with Crippen LogP contribution in [0.15, 0.2) is 18.3 Å². The smallest absolute Gasteiger partial charge is 0.317 e. The molecule has 1 heterocycles. The lowest BCUT2D eigenvalue weighted by Gasteiger charge is -2.33. The first-order valence-electron chi connectivity index (χ1n) is 6.62. The highest BCUT2D eigenvalue weighted by Gasteiger charge is 2.27. The van der Waals surface area contributed by atoms with E-state index in [2.05, 4.69) is 18.0 Å². The normalized spacial score (nSPS) is 18.7. The van der Waals surface area contributed by atoms with E-state index >= 15 is 0 Å². The largest absolute Gasteiger partial charge is 0.480 e. The van der Waals surface area contributed by atoms with Gasteiger partial charge in [-0.15, -0.1) is 0 Å². The molecule has 0 aromatic carbocycles. The van der Waals surface area contributed by atoms with Crippen LogP contribution in [0.3, 0.4) is 0 Å². The molecule has 1 aromatic rings. The SMILES string of the molecule is CCCN(CC(=O)O)[C@H]1CCCc2cccnc21. The summed E-state index contributed by atoms with van der Waals surface area (Å²) in [5.74, 6) is -0.758. The number of nitrogens with zero attached hydrogens (tertiary/aromatic N) is 2. The molecule has 1 atom stereocenters. The van der Waals surface area contributed by atoms with Crippen LogP contribution in [0, 0.1) is 0 Å². The third-order valence-corrected chi connectivity index (χ3v) is 3.46. The molecule has 0 aliphatic heterocycles. The molecule has 4 heteroatoms. The fourth-order valence-corrected chi connectivity index (χ4v) is 2.75. The Kier molecular flexibility index (Phi) is 4.31. The number of carboxylic acids is 1. The summed E-state index contributed by atoms with van der Waals surface area (Å²) in [6.07, 6.45) is 5.96. The highest BCUT2D eigenvalue weighted by molar-refractivity contribution is 5.69. The second kappa shape index (κ2) is 5.96. The maximum Gasteiger partial charge on any atom is 0.317 e. The fraction of sp³-hybridized carbons (Fsp3) is 0.571. The van der Waals surface area contributed by atoms with E-state index in [1.165, 1.54) is 5.56 Å². The van der Waals surface area contributed by atoms with E-state index in [4.69, 9.17) is 5.11 Å². The van der Waals surface area contributed by atoms with Crippen LogP contribution in [0.1, 0.15) is 43.5 Å². The predicted octanol–water partition coefficient (Wildman–Crippen LogP) is 2.26. The maximum atomic E-state index is 11.0. The van der Waals surface area contributed by atoms with Crippen molar-refractivity contribution in [3.8, 4) is 0 Å². The topological polar surface area (TPSA) is 53.4 Å². The zero-order valence-corrected chi connectivity index (χ0v) is 10.8. The molecule has 98 valence electrons. The molecule has 0 radical (unpaired) electrons. The van der Waals surface area contributed by atoms with Crippen molar-refractivity contribution in [1.82, 2.24) is 9.88 Å². The molecule has 18 heavy (non-hydrogen) atoms. The van der Waals surface area contributed by atoms with Gasteiger partial charge in [0.1, 0.15) is 0 Å². The molecule has 0 fully saturated rings. The third-order valence-electron chi connectivity index (χ3n) is 3.46. The van der Waals surface area contributed by atoms with E-state index in [-0.39, 0.29) is 12.6 Å². The van der Waals surface area contributed by atoms with Gasteiger partial charge in [0.15, 0.2) is 0 Å². The summed E-state index contributed by atoms with van der Waals surface area (Å²) in [6.45, 7) is 3.00. The minimum Gasteiger partial charge on any atom is -0.480 e. The summed E-state index contributed by atoms with van der Waals surface area (Å²) in [6, 6.07) is 4.24. The Hall–Kier alpha value is -1.42. The molecule has 0 bridgehead atoms. The Morgan fingerprint density at radius 1 is 1.61 bits per heavy atom. The van der Waals surface area contributed by atoms with Gasteiger partial charge in [0, 0.05) is 6.20 Å². The average molecular weight is 248 g/mol. The van der Waals surface area contributed by atoms with E-state index in [0.717, 1.165) is 37.9 Å². The molecule has 0 saturated heterocycles. The lowest BCUT2D eigenvalue weighted by Crippen LogP contribution is -2.36. The van der Waals surface area contributed by atoms with Crippen molar-refractivity contribution >= 4 is 5.97 Å². The molecule has 0 unspecified atom stereocenters. The van der Waals surface area contributed by atoms with Crippen LogP contribution in [0.5, 0.6) is 0 Å². The van der Waals surface area contributed by atoms with Crippen LogP contribution in [0.2, 0.25) is 0 Å². The monoisotopic (exact) mass is 248 g/mol. The molecular weight excluding hydrogens is 228 g/mol. The van der Waals surface area contributed by atoms with Gasteiger partial charge in [-0.2, -0.15) is 0 Å². The van der Waals surface area contributed by atoms with Crippen molar-refractivity contribution in [2.75, 3.05) is 13.1 Å². The molecule has 0 saturated carbocycles. The summed E-state index contributed by atoms with van der Waals surface area (Å²) in [5, 5.41) is 9.03. The van der Waals surface area contributed by atoms with Crippen LogP contribution in [0.25, 0.3) is 0 Å². The van der Waals surface area contributed by atoms with Gasteiger partial charge in [0.25, 0.3) is 0 Å². The zero-order valence-electron chi connectivity index (χ0n) is 10.8. The third kappa shape index (κ3) is 2.88. The van der Waals surface area contributed by atoms with E-state index < -0.39 is 5.97 Å². The van der Waals surface area contributed by atoms with Crippen molar-refractivity contribution < 1.29 is 9.90 Å². The number of aromatic nitrogens is 1. The van der Waals surface area contributed by atoms with Crippen molar-refractivity contribution in [3.63, 3.8) is 0 Å².